The summed E-state index contributed by atoms with van der Waals surface area (Å²) in [5.74, 6) is -0.270. The van der Waals surface area contributed by atoms with E-state index in [1.54, 1.807) is 18.2 Å². The van der Waals surface area contributed by atoms with Crippen LogP contribution in [-0.2, 0) is 14.8 Å². The van der Waals surface area contributed by atoms with Gasteiger partial charge in [0.15, 0.2) is 0 Å². The first-order valence-corrected chi connectivity index (χ1v) is 10.00. The van der Waals surface area contributed by atoms with Crippen LogP contribution in [0.25, 0.3) is 10.8 Å². The Kier molecular flexibility index (Phi) is 3.92. The number of carbonyl (C=O) groups is 1. The summed E-state index contributed by atoms with van der Waals surface area (Å²) in [5.41, 5.74) is 0.582. The number of amides is 1. The molecule has 0 spiro atoms. The summed E-state index contributed by atoms with van der Waals surface area (Å²) >= 11 is 0. The molecule has 2 atom stereocenters. The van der Waals surface area contributed by atoms with Crippen molar-refractivity contribution in [2.75, 3.05) is 17.4 Å². The van der Waals surface area contributed by atoms with Crippen LogP contribution >= 0.6 is 0 Å². The van der Waals surface area contributed by atoms with E-state index in [-0.39, 0.29) is 29.4 Å². The molecule has 0 saturated carbocycles. The molecule has 2 heterocycles. The summed E-state index contributed by atoms with van der Waals surface area (Å²) in [4.78, 5) is 12.8. The molecule has 132 valence electrons. The molecule has 2 aromatic carbocycles. The normalized spacial score (nSPS) is 24.4. The Labute approximate surface area is 147 Å². The largest absolute Gasteiger partial charge is 0.350 e. The molecule has 1 fully saturated rings. The number of hydrogen-bond donors (Lipinski definition) is 2. The average Bonchev–Trinajstić information content (AvgIpc) is 2.81. The molecular formula is C18H21N3O3S. The Morgan fingerprint density at radius 1 is 1.28 bits per heavy atom. The van der Waals surface area contributed by atoms with Crippen LogP contribution in [0.4, 0.5) is 5.69 Å². The van der Waals surface area contributed by atoms with Gasteiger partial charge >= 0.3 is 0 Å². The van der Waals surface area contributed by atoms with Gasteiger partial charge in [-0.15, -0.1) is 0 Å². The van der Waals surface area contributed by atoms with Crippen molar-refractivity contribution in [3.05, 3.63) is 36.4 Å². The number of sulfonamides is 1. The van der Waals surface area contributed by atoms with Crippen molar-refractivity contribution >= 4 is 32.4 Å². The van der Waals surface area contributed by atoms with Crippen LogP contribution in [0, 0.1) is 0 Å². The van der Waals surface area contributed by atoms with E-state index >= 15 is 0 Å². The topological polar surface area (TPSA) is 78.5 Å². The minimum atomic E-state index is -3.69. The van der Waals surface area contributed by atoms with Gasteiger partial charge < -0.3 is 10.6 Å². The highest BCUT2D eigenvalue weighted by molar-refractivity contribution is 7.93. The molecule has 2 aromatic rings. The Bertz CT molecular complexity index is 936. The first kappa shape index (κ1) is 16.4. The first-order chi connectivity index (χ1) is 12.0. The minimum absolute atomic E-state index is 0.0322. The first-order valence-electron chi connectivity index (χ1n) is 8.56. The monoisotopic (exact) mass is 359 g/mol. The molecule has 7 heteroatoms. The highest BCUT2D eigenvalue weighted by Crippen LogP contribution is 2.41. The molecule has 1 saturated heterocycles. The van der Waals surface area contributed by atoms with Crippen molar-refractivity contribution in [3.63, 3.8) is 0 Å². The Balaban J connectivity index is 1.61. The molecule has 0 bridgehead atoms. The zero-order valence-electron chi connectivity index (χ0n) is 14.0. The van der Waals surface area contributed by atoms with Gasteiger partial charge in [-0.3, -0.25) is 9.10 Å². The van der Waals surface area contributed by atoms with Crippen molar-refractivity contribution in [2.45, 2.75) is 36.7 Å². The molecule has 2 unspecified atom stereocenters. The molecular weight excluding hydrogens is 338 g/mol. The Morgan fingerprint density at radius 2 is 2.04 bits per heavy atom. The van der Waals surface area contributed by atoms with E-state index in [9.17, 15) is 13.2 Å². The zero-order valence-corrected chi connectivity index (χ0v) is 14.8. The predicted molar refractivity (Wildman–Crippen MR) is 97.1 cm³/mol. The lowest BCUT2D eigenvalue weighted by Crippen LogP contribution is -2.53. The maximum absolute atomic E-state index is 12.9. The summed E-state index contributed by atoms with van der Waals surface area (Å²) in [6.45, 7) is 2.79. The van der Waals surface area contributed by atoms with E-state index in [0.717, 1.165) is 24.8 Å². The molecule has 0 aliphatic carbocycles. The lowest BCUT2D eigenvalue weighted by atomic mass is 10.00. The molecule has 2 N–H and O–H groups in total. The standard InChI is InChI=1S/C18H21N3O3S/c1-12-14(7-4-10-19-12)20-17(22)11-21-15-8-2-5-13-6-3-9-16(18(13)15)25(21,23)24/h2-3,5-6,8-9,12,14,19H,4,7,10-11H2,1H3,(H,20,22). The third kappa shape index (κ3) is 2.67. The second-order valence-electron chi connectivity index (χ2n) is 6.70. The van der Waals surface area contributed by atoms with Gasteiger partial charge in [0, 0.05) is 17.5 Å². The lowest BCUT2D eigenvalue weighted by Gasteiger charge is -2.31. The highest BCUT2D eigenvalue weighted by atomic mass is 32.2. The molecule has 4 rings (SSSR count). The van der Waals surface area contributed by atoms with Crippen LogP contribution in [0.3, 0.4) is 0 Å². The van der Waals surface area contributed by atoms with Gasteiger partial charge in [-0.1, -0.05) is 24.3 Å². The number of nitrogens with one attached hydrogen (secondary N) is 2. The number of benzene rings is 2. The number of anilines is 1. The van der Waals surface area contributed by atoms with Gasteiger partial charge in [-0.25, -0.2) is 8.42 Å². The van der Waals surface area contributed by atoms with Gasteiger partial charge in [0.25, 0.3) is 10.0 Å². The fourth-order valence-corrected chi connectivity index (χ4v) is 5.42. The van der Waals surface area contributed by atoms with Gasteiger partial charge in [0.2, 0.25) is 5.91 Å². The Hall–Kier alpha value is -2.12. The summed E-state index contributed by atoms with van der Waals surface area (Å²) in [7, 11) is -3.69. The van der Waals surface area contributed by atoms with Crippen LogP contribution < -0.4 is 14.9 Å². The van der Waals surface area contributed by atoms with Crippen LogP contribution in [-0.4, -0.2) is 39.5 Å². The van der Waals surface area contributed by atoms with E-state index in [1.165, 1.54) is 4.31 Å². The number of carbonyl (C=O) groups excluding carboxylic acids is 1. The number of rotatable bonds is 3. The molecule has 0 radical (unpaired) electrons. The molecule has 2 aliphatic heterocycles. The van der Waals surface area contributed by atoms with Crippen LogP contribution in [0.1, 0.15) is 19.8 Å². The fourth-order valence-electron chi connectivity index (χ4n) is 3.75. The quantitative estimate of drug-likeness (QED) is 0.873. The summed E-state index contributed by atoms with van der Waals surface area (Å²) in [5, 5.41) is 7.88. The molecule has 0 aromatic heterocycles. The van der Waals surface area contributed by atoms with Crippen LogP contribution in [0.5, 0.6) is 0 Å². The summed E-state index contributed by atoms with van der Waals surface area (Å²) < 4.78 is 27.0. The lowest BCUT2D eigenvalue weighted by molar-refractivity contribution is -0.120. The van der Waals surface area contributed by atoms with E-state index in [1.807, 2.05) is 25.1 Å². The van der Waals surface area contributed by atoms with Crippen LogP contribution in [0.2, 0.25) is 0 Å². The second kappa shape index (κ2) is 6.00. The average molecular weight is 359 g/mol. The smallest absolute Gasteiger partial charge is 0.265 e. The van der Waals surface area contributed by atoms with Crippen molar-refractivity contribution in [2.24, 2.45) is 0 Å². The van der Waals surface area contributed by atoms with E-state index < -0.39 is 10.0 Å². The van der Waals surface area contributed by atoms with E-state index in [2.05, 4.69) is 10.6 Å². The zero-order chi connectivity index (χ0) is 17.6. The third-order valence-corrected chi connectivity index (χ3v) is 6.88. The highest BCUT2D eigenvalue weighted by Gasteiger charge is 2.37. The van der Waals surface area contributed by atoms with Crippen LogP contribution in [0.15, 0.2) is 41.3 Å². The van der Waals surface area contributed by atoms with Gasteiger partial charge in [0.05, 0.1) is 10.6 Å². The summed E-state index contributed by atoms with van der Waals surface area (Å²) in [6, 6.07) is 10.9. The van der Waals surface area contributed by atoms with Gasteiger partial charge in [0.1, 0.15) is 6.54 Å². The van der Waals surface area contributed by atoms with Crippen molar-refractivity contribution in [1.82, 2.24) is 10.6 Å². The fraction of sp³-hybridized carbons (Fsp3) is 0.389. The van der Waals surface area contributed by atoms with Gasteiger partial charge in [-0.2, -0.15) is 0 Å². The Morgan fingerprint density at radius 3 is 2.80 bits per heavy atom. The van der Waals surface area contributed by atoms with E-state index in [4.69, 9.17) is 0 Å². The van der Waals surface area contributed by atoms with Crippen molar-refractivity contribution < 1.29 is 13.2 Å². The van der Waals surface area contributed by atoms with Gasteiger partial charge in [-0.05, 0) is 43.8 Å². The molecule has 25 heavy (non-hydrogen) atoms. The second-order valence-corrected chi connectivity index (χ2v) is 8.53. The molecule has 2 aliphatic rings. The maximum Gasteiger partial charge on any atom is 0.265 e. The van der Waals surface area contributed by atoms with E-state index in [0.29, 0.717) is 11.1 Å². The number of piperidine rings is 1. The maximum atomic E-state index is 12.9. The SMILES string of the molecule is CC1NCCCC1NC(=O)CN1c2cccc3cccc(c23)S1(=O)=O. The molecule has 1 amide bonds. The van der Waals surface area contributed by atoms with Crippen molar-refractivity contribution in [1.29, 1.82) is 0 Å². The minimum Gasteiger partial charge on any atom is -0.350 e. The molecule has 6 nitrogen and oxygen atoms in total. The predicted octanol–water partition coefficient (Wildman–Crippen LogP) is 1.61. The third-order valence-electron chi connectivity index (χ3n) is 5.08. The number of nitrogens with zero attached hydrogens (tertiary/aromatic N) is 1. The van der Waals surface area contributed by atoms with Crippen molar-refractivity contribution in [3.8, 4) is 0 Å². The number of hydrogen-bond acceptors (Lipinski definition) is 4. The summed E-state index contributed by atoms with van der Waals surface area (Å²) in [6.07, 6.45) is 1.91.